The molecule has 150 valence electrons. The van der Waals surface area contributed by atoms with Crippen molar-refractivity contribution in [3.8, 4) is 0 Å². The molecule has 0 aliphatic carbocycles. The molecule has 0 bridgehead atoms. The molecule has 0 saturated heterocycles. The number of aryl methyl sites for hydroxylation is 4. The van der Waals surface area contributed by atoms with Gasteiger partial charge in [-0.15, -0.1) is 11.4 Å². The minimum absolute atomic E-state index is 0.583. The van der Waals surface area contributed by atoms with Crippen molar-refractivity contribution in [1.29, 1.82) is 0 Å². The Balaban J connectivity index is 0.000000941. The summed E-state index contributed by atoms with van der Waals surface area (Å²) in [4.78, 5) is 4.70. The van der Waals surface area contributed by atoms with Crippen molar-refractivity contribution >= 4 is 28.4 Å². The first-order chi connectivity index (χ1) is 13.9. The van der Waals surface area contributed by atoms with E-state index in [4.69, 9.17) is 22.0 Å². The van der Waals surface area contributed by atoms with Crippen molar-refractivity contribution in [2.24, 2.45) is 0 Å². The quantitative estimate of drug-likeness (QED) is 0.334. The van der Waals surface area contributed by atoms with E-state index >= 15 is 0 Å². The molecule has 3 aromatic rings. The van der Waals surface area contributed by atoms with Crippen LogP contribution in [0.4, 0.5) is 11.4 Å². The Morgan fingerprint density at radius 2 is 1.10 bits per heavy atom. The molecule has 0 aliphatic heterocycles. The van der Waals surface area contributed by atoms with E-state index in [0.29, 0.717) is 13.1 Å². The van der Waals surface area contributed by atoms with Gasteiger partial charge in [-0.25, -0.2) is 0 Å². The molecule has 0 spiro atoms. The predicted molar refractivity (Wildman–Crippen MR) is 121 cm³/mol. The molecule has 0 aliphatic rings. The molecule has 1 aromatic heterocycles. The summed E-state index contributed by atoms with van der Waals surface area (Å²) in [6.45, 7) is 9.62. The monoisotopic (exact) mass is 503 g/mol. The summed E-state index contributed by atoms with van der Waals surface area (Å²) in [6.07, 6.45) is 0. The molecule has 0 N–H and O–H groups in total. The van der Waals surface area contributed by atoms with E-state index in [0.717, 1.165) is 22.8 Å². The van der Waals surface area contributed by atoms with Gasteiger partial charge in [-0.2, -0.15) is 0 Å². The van der Waals surface area contributed by atoms with Crippen LogP contribution in [-0.4, -0.2) is 4.98 Å². The molecule has 0 unspecified atom stereocenters. The van der Waals surface area contributed by atoms with Gasteiger partial charge in [-0.05, 0) is 62.1 Å². The first kappa shape index (κ1) is 23.9. The van der Waals surface area contributed by atoms with E-state index in [9.17, 15) is 0 Å². The number of rotatable bonds is 6. The van der Waals surface area contributed by atoms with Gasteiger partial charge in [-0.1, -0.05) is 55.6 Å². The van der Waals surface area contributed by atoms with Gasteiger partial charge in [0.15, 0.2) is 0 Å². The van der Waals surface area contributed by atoms with Crippen molar-refractivity contribution in [2.75, 3.05) is 0 Å². The molecule has 0 saturated carbocycles. The van der Waals surface area contributed by atoms with Crippen LogP contribution in [0.15, 0.2) is 54.6 Å². The number of benzene rings is 2. The van der Waals surface area contributed by atoms with Gasteiger partial charge in [-0.3, -0.25) is 4.98 Å². The van der Waals surface area contributed by atoms with Crippen LogP contribution < -0.4 is 0 Å². The zero-order valence-corrected chi connectivity index (χ0v) is 21.2. The molecular weight excluding hydrogens is 480 g/mol. The van der Waals surface area contributed by atoms with Crippen molar-refractivity contribution in [3.05, 3.63) is 98.9 Å². The van der Waals surface area contributed by atoms with Crippen molar-refractivity contribution in [2.45, 2.75) is 40.8 Å². The second kappa shape index (κ2) is 12.4. The predicted octanol–water partition coefficient (Wildman–Crippen LogP) is 8.10. The van der Waals surface area contributed by atoms with Crippen LogP contribution in [0.3, 0.4) is 0 Å². The first-order valence-electron chi connectivity index (χ1n) is 9.33. The Labute approximate surface area is 192 Å². The maximum atomic E-state index is 4.93. The molecule has 2 aromatic carbocycles. The fraction of sp³-hybridized carbons (Fsp3) is 0.261. The Morgan fingerprint density at radius 3 is 1.48 bits per heavy atom. The zero-order chi connectivity index (χ0) is 21.2. The molecule has 0 amide bonds. The van der Waals surface area contributed by atoms with Gasteiger partial charge in [0.05, 0.1) is 0 Å². The van der Waals surface area contributed by atoms with Crippen LogP contribution >= 0.6 is 17.0 Å². The van der Waals surface area contributed by atoms with Gasteiger partial charge in [0.1, 0.15) is 0 Å². The van der Waals surface area contributed by atoms with Crippen LogP contribution in [0.1, 0.15) is 33.6 Å². The summed E-state index contributed by atoms with van der Waals surface area (Å²) in [5.74, 6) is 0. The van der Waals surface area contributed by atoms with Gasteiger partial charge < -0.3 is 10.6 Å². The maximum absolute atomic E-state index is 4.93. The van der Waals surface area contributed by atoms with E-state index < -0.39 is 20.8 Å². The first-order valence-corrected chi connectivity index (χ1v) is 15.7. The number of hydrogen-bond acceptors (Lipinski definition) is 1. The molecule has 3 rings (SSSR count). The second-order valence-corrected chi connectivity index (χ2v) is 10.6. The third kappa shape index (κ3) is 8.12. The number of halogens is 2. The number of nitrogens with zero attached hydrogens (tertiary/aromatic N) is 3. The zero-order valence-electron chi connectivity index (χ0n) is 17.2. The summed E-state index contributed by atoms with van der Waals surface area (Å²) in [7, 11) is 9.87. The average Bonchev–Trinajstić information content (AvgIpc) is 2.71. The molecule has 29 heavy (non-hydrogen) atoms. The number of hydrogen-bond donors (Lipinski definition) is 0. The molecule has 0 radical (unpaired) electrons. The van der Waals surface area contributed by atoms with E-state index in [1.165, 1.54) is 22.3 Å². The fourth-order valence-electron chi connectivity index (χ4n) is 2.70. The van der Waals surface area contributed by atoms with Crippen LogP contribution in [0.25, 0.3) is 10.6 Å². The number of aromatic nitrogens is 1. The van der Waals surface area contributed by atoms with E-state index in [2.05, 4.69) is 74.7 Å². The average molecular weight is 506 g/mol. The van der Waals surface area contributed by atoms with E-state index in [-0.39, 0.29) is 0 Å². The van der Waals surface area contributed by atoms with Crippen molar-refractivity contribution in [1.82, 2.24) is 4.98 Å². The number of pyridine rings is 1. The summed E-state index contributed by atoms with van der Waals surface area (Å²) >= 11 is -0.826. The molecule has 1 heterocycles. The molecule has 0 atom stereocenters. The third-order valence-corrected chi connectivity index (χ3v) is 4.69. The third-order valence-electron chi connectivity index (χ3n) is 4.69. The summed E-state index contributed by atoms with van der Waals surface area (Å²) in [5, 5.41) is 9.33. The minimum atomic E-state index is -0.826. The summed E-state index contributed by atoms with van der Waals surface area (Å²) in [6, 6.07) is 18.6. The Bertz CT molecular complexity index is 861. The van der Waals surface area contributed by atoms with Gasteiger partial charge >= 0.3 is 37.9 Å². The van der Waals surface area contributed by atoms with Gasteiger partial charge in [0.25, 0.3) is 0 Å². The Hall–Kier alpha value is -1.35. The molecular formula is C23H25Cl2N3Zr. The van der Waals surface area contributed by atoms with E-state index in [1.54, 1.807) is 0 Å². The summed E-state index contributed by atoms with van der Waals surface area (Å²) < 4.78 is 0. The standard InChI is InChI=1S/C23H25N3.2ClH.Zr/c1-16-8-10-20(12-18(16)3)24-14-22-6-5-7-23(26-22)15-25-21-11-9-17(2)19(4)13-21;;;/h5-13H,14-15H2,1-4H3;2*1H;/q-2;;;+4/p-2. The second-order valence-electron chi connectivity index (χ2n) is 6.86. The molecule has 6 heteroatoms. The summed E-state index contributed by atoms with van der Waals surface area (Å²) in [5.41, 5.74) is 9.04. The van der Waals surface area contributed by atoms with Crippen molar-refractivity contribution < 1.29 is 20.8 Å². The topological polar surface area (TPSA) is 41.1 Å². The van der Waals surface area contributed by atoms with Gasteiger partial charge in [0.2, 0.25) is 0 Å². The molecule has 3 nitrogen and oxygen atoms in total. The molecule has 0 fully saturated rings. The van der Waals surface area contributed by atoms with Gasteiger partial charge in [0, 0.05) is 11.4 Å². The fourth-order valence-corrected chi connectivity index (χ4v) is 2.70. The Kier molecular flexibility index (Phi) is 10.2. The SMILES string of the molecule is Cc1ccc([N-]Cc2cccc(C[N-]c3ccc(C)c(C)c3)n2)cc1C.[Cl][Zr+2][Cl]. The Morgan fingerprint density at radius 1 is 0.690 bits per heavy atom. The normalized spacial score (nSPS) is 9.86. The van der Waals surface area contributed by atoms with E-state index in [1.807, 2.05) is 18.2 Å². The van der Waals surface area contributed by atoms with Crippen LogP contribution in [0, 0.1) is 27.7 Å². The van der Waals surface area contributed by atoms with Crippen LogP contribution in [0.2, 0.25) is 0 Å². The van der Waals surface area contributed by atoms with Crippen LogP contribution in [-0.2, 0) is 33.9 Å². The van der Waals surface area contributed by atoms with Crippen LogP contribution in [0.5, 0.6) is 0 Å². The van der Waals surface area contributed by atoms with Crippen molar-refractivity contribution in [3.63, 3.8) is 0 Å².